The van der Waals surface area contributed by atoms with Gasteiger partial charge in [-0.2, -0.15) is 0 Å². The Morgan fingerprint density at radius 2 is 1.14 bits per heavy atom. The van der Waals surface area contributed by atoms with Gasteiger partial charge < -0.3 is 4.89 Å². The average Bonchev–Trinajstić information content (AvgIpc) is 2.57. The molecule has 4 heteroatoms. The van der Waals surface area contributed by atoms with E-state index in [1.165, 1.54) is 11.1 Å². The van der Waals surface area contributed by atoms with Gasteiger partial charge in [-0.3, -0.25) is 0 Å². The van der Waals surface area contributed by atoms with Gasteiger partial charge in [0.1, 0.15) is 0 Å². The van der Waals surface area contributed by atoms with Gasteiger partial charge in [0.25, 0.3) is 0 Å². The van der Waals surface area contributed by atoms with Crippen LogP contribution in [0.4, 0.5) is 0 Å². The molecule has 0 amide bonds. The van der Waals surface area contributed by atoms with Crippen molar-refractivity contribution in [3.8, 4) is 0 Å². The van der Waals surface area contributed by atoms with Gasteiger partial charge in [0.15, 0.2) is 8.45 Å². The number of hydrogen-bond donors (Lipinski definition) is 1. The molecular formula is C18H25N2OP. The van der Waals surface area contributed by atoms with Gasteiger partial charge in [-0.25, -0.2) is 9.34 Å². The van der Waals surface area contributed by atoms with Crippen LogP contribution in [0.5, 0.6) is 0 Å². The molecule has 3 nitrogen and oxygen atoms in total. The van der Waals surface area contributed by atoms with Crippen molar-refractivity contribution in [2.45, 2.75) is 26.9 Å². The van der Waals surface area contributed by atoms with Gasteiger partial charge in [0, 0.05) is 26.2 Å². The van der Waals surface area contributed by atoms with Gasteiger partial charge in [0.05, 0.1) is 0 Å². The maximum atomic E-state index is 10.8. The van der Waals surface area contributed by atoms with Crippen molar-refractivity contribution in [2.24, 2.45) is 0 Å². The predicted molar refractivity (Wildman–Crippen MR) is 94.2 cm³/mol. The molecule has 0 saturated heterocycles. The first kappa shape index (κ1) is 17.1. The van der Waals surface area contributed by atoms with Crippen molar-refractivity contribution in [1.29, 1.82) is 0 Å². The van der Waals surface area contributed by atoms with Crippen LogP contribution in [0.1, 0.15) is 25.0 Å². The van der Waals surface area contributed by atoms with E-state index in [1.807, 2.05) is 36.4 Å². The highest BCUT2D eigenvalue weighted by atomic mass is 31.2. The molecule has 0 radical (unpaired) electrons. The maximum Gasteiger partial charge on any atom is 0.185 e. The third-order valence-corrected chi connectivity index (χ3v) is 5.51. The zero-order chi connectivity index (χ0) is 15.8. The van der Waals surface area contributed by atoms with Crippen LogP contribution in [0.2, 0.25) is 0 Å². The SMILES string of the molecule is CCN(CC)P(O)N(Cc1ccccc1)Cc1ccccc1. The lowest BCUT2D eigenvalue weighted by molar-refractivity contribution is 0.329. The van der Waals surface area contributed by atoms with Crippen LogP contribution in [0.15, 0.2) is 60.7 Å². The molecule has 0 fully saturated rings. The molecule has 0 aliphatic carbocycles. The van der Waals surface area contributed by atoms with E-state index in [4.69, 9.17) is 0 Å². The Kier molecular flexibility index (Phi) is 7.01. The molecule has 0 saturated carbocycles. The van der Waals surface area contributed by atoms with Crippen molar-refractivity contribution in [3.63, 3.8) is 0 Å². The summed E-state index contributed by atoms with van der Waals surface area (Å²) in [4.78, 5) is 10.8. The number of hydrogen-bond acceptors (Lipinski definition) is 3. The summed E-state index contributed by atoms with van der Waals surface area (Å²) < 4.78 is 4.30. The van der Waals surface area contributed by atoms with Crippen LogP contribution < -0.4 is 0 Å². The van der Waals surface area contributed by atoms with Crippen LogP contribution in [0.3, 0.4) is 0 Å². The number of benzene rings is 2. The molecule has 2 aromatic rings. The van der Waals surface area contributed by atoms with Gasteiger partial charge >= 0.3 is 0 Å². The van der Waals surface area contributed by atoms with E-state index in [0.29, 0.717) is 0 Å². The minimum absolute atomic E-state index is 0.758. The highest BCUT2D eigenvalue weighted by molar-refractivity contribution is 7.46. The van der Waals surface area contributed by atoms with Gasteiger partial charge in [-0.1, -0.05) is 74.5 Å². The first-order valence-corrected chi connectivity index (χ1v) is 9.01. The molecule has 2 aromatic carbocycles. The van der Waals surface area contributed by atoms with E-state index in [0.717, 1.165) is 26.2 Å². The summed E-state index contributed by atoms with van der Waals surface area (Å²) in [6, 6.07) is 20.7. The van der Waals surface area contributed by atoms with E-state index >= 15 is 0 Å². The van der Waals surface area contributed by atoms with E-state index in [-0.39, 0.29) is 0 Å². The molecule has 0 bridgehead atoms. The second kappa shape index (κ2) is 9.02. The largest absolute Gasteiger partial charge is 0.347 e. The molecule has 118 valence electrons. The van der Waals surface area contributed by atoms with Crippen molar-refractivity contribution >= 4 is 8.45 Å². The van der Waals surface area contributed by atoms with Crippen LogP contribution >= 0.6 is 8.45 Å². The fourth-order valence-electron chi connectivity index (χ4n) is 2.43. The minimum Gasteiger partial charge on any atom is -0.347 e. The molecule has 0 spiro atoms. The Labute approximate surface area is 135 Å². The van der Waals surface area contributed by atoms with Gasteiger partial charge in [-0.05, 0) is 11.1 Å². The lowest BCUT2D eigenvalue weighted by Crippen LogP contribution is -2.28. The predicted octanol–water partition coefficient (Wildman–Crippen LogP) is 4.25. The molecule has 0 heterocycles. The second-order valence-corrected chi connectivity index (χ2v) is 6.87. The number of nitrogens with zero attached hydrogens (tertiary/aromatic N) is 2. The van der Waals surface area contributed by atoms with Crippen molar-refractivity contribution in [2.75, 3.05) is 13.1 Å². The van der Waals surface area contributed by atoms with E-state index in [2.05, 4.69) is 47.5 Å². The molecule has 2 rings (SSSR count). The van der Waals surface area contributed by atoms with Crippen molar-refractivity contribution < 1.29 is 4.89 Å². The first-order chi connectivity index (χ1) is 10.7. The van der Waals surface area contributed by atoms with Gasteiger partial charge in [-0.15, -0.1) is 0 Å². The average molecular weight is 316 g/mol. The summed E-state index contributed by atoms with van der Waals surface area (Å²) in [6.07, 6.45) is 0. The summed E-state index contributed by atoms with van der Waals surface area (Å²) in [5.41, 5.74) is 2.46. The normalized spacial score (nSPS) is 12.8. The fraction of sp³-hybridized carbons (Fsp3) is 0.333. The molecule has 1 atom stereocenters. The van der Waals surface area contributed by atoms with Crippen LogP contribution in [0, 0.1) is 0 Å². The first-order valence-electron chi connectivity index (χ1n) is 7.81. The Bertz CT molecular complexity index is 490. The molecular weight excluding hydrogens is 291 g/mol. The van der Waals surface area contributed by atoms with E-state index in [9.17, 15) is 4.89 Å². The quantitative estimate of drug-likeness (QED) is 0.738. The summed E-state index contributed by atoms with van der Waals surface area (Å²) in [7, 11) is -1.29. The Hall–Kier alpha value is -1.25. The maximum absolute atomic E-state index is 10.8. The van der Waals surface area contributed by atoms with Gasteiger partial charge in [0.2, 0.25) is 0 Å². The summed E-state index contributed by atoms with van der Waals surface area (Å²) in [5.74, 6) is 0. The highest BCUT2D eigenvalue weighted by Gasteiger charge is 2.22. The van der Waals surface area contributed by atoms with E-state index in [1.54, 1.807) is 0 Å². The molecule has 0 aromatic heterocycles. The Morgan fingerprint density at radius 3 is 1.50 bits per heavy atom. The molecule has 22 heavy (non-hydrogen) atoms. The lowest BCUT2D eigenvalue weighted by atomic mass is 10.2. The molecule has 1 unspecified atom stereocenters. The van der Waals surface area contributed by atoms with Crippen LogP contribution in [-0.2, 0) is 13.1 Å². The van der Waals surface area contributed by atoms with Crippen molar-refractivity contribution in [3.05, 3.63) is 71.8 Å². The van der Waals surface area contributed by atoms with E-state index < -0.39 is 8.45 Å². The monoisotopic (exact) mass is 316 g/mol. The summed E-state index contributed by atoms with van der Waals surface area (Å²) >= 11 is 0. The highest BCUT2D eigenvalue weighted by Crippen LogP contribution is 2.41. The molecule has 0 aliphatic rings. The summed E-state index contributed by atoms with van der Waals surface area (Å²) in [6.45, 7) is 7.43. The molecule has 1 N–H and O–H groups in total. The van der Waals surface area contributed by atoms with Crippen LogP contribution in [-0.4, -0.2) is 27.3 Å². The third kappa shape index (κ3) is 4.89. The summed E-state index contributed by atoms with van der Waals surface area (Å²) in [5, 5.41) is 0. The smallest absolute Gasteiger partial charge is 0.185 e. The lowest BCUT2D eigenvalue weighted by Gasteiger charge is -2.34. The topological polar surface area (TPSA) is 26.7 Å². The Morgan fingerprint density at radius 1 is 0.727 bits per heavy atom. The molecule has 0 aliphatic heterocycles. The second-order valence-electron chi connectivity index (χ2n) is 5.20. The minimum atomic E-state index is -1.29. The Balaban J connectivity index is 2.16. The zero-order valence-electron chi connectivity index (χ0n) is 13.4. The fourth-order valence-corrected chi connectivity index (χ4v) is 3.87. The van der Waals surface area contributed by atoms with Crippen LogP contribution in [0.25, 0.3) is 0 Å². The third-order valence-electron chi connectivity index (χ3n) is 3.65. The van der Waals surface area contributed by atoms with Crippen molar-refractivity contribution in [1.82, 2.24) is 9.34 Å². The standard InChI is InChI=1S/C18H25N2OP/c1-3-19(4-2)22(21)20(15-17-11-7-5-8-12-17)16-18-13-9-6-10-14-18/h5-14,21H,3-4,15-16H2,1-2H3. The zero-order valence-corrected chi connectivity index (χ0v) is 14.3. The number of rotatable bonds is 8.